The predicted octanol–water partition coefficient (Wildman–Crippen LogP) is 5.97. The van der Waals surface area contributed by atoms with Crippen molar-refractivity contribution in [2.75, 3.05) is 11.1 Å². The normalized spacial score (nSPS) is 10.9. The number of amides is 1. The highest BCUT2D eigenvalue weighted by molar-refractivity contribution is 9.10. The minimum absolute atomic E-state index is 0.100. The summed E-state index contributed by atoms with van der Waals surface area (Å²) in [7, 11) is 0. The molecule has 0 fully saturated rings. The largest absolute Gasteiger partial charge is 0.486 e. The number of carbonyl (C=O) groups is 1. The number of nitrogens with one attached hydrogen (secondary N) is 1. The van der Waals surface area contributed by atoms with Crippen molar-refractivity contribution in [3.63, 3.8) is 0 Å². The van der Waals surface area contributed by atoms with Crippen LogP contribution in [-0.4, -0.2) is 26.4 Å². The SMILES string of the molecule is C=CCn1c(COc2ccc(C(C)C)cc2)nnc1SCC(=O)Nc1ccc(Br)cc1C. The van der Waals surface area contributed by atoms with E-state index in [1.807, 2.05) is 41.8 Å². The average Bonchev–Trinajstić information content (AvgIpc) is 3.15. The van der Waals surface area contributed by atoms with Crippen molar-refractivity contribution in [2.24, 2.45) is 0 Å². The fourth-order valence-corrected chi connectivity index (χ4v) is 4.27. The molecule has 8 heteroatoms. The van der Waals surface area contributed by atoms with Crippen LogP contribution < -0.4 is 10.1 Å². The Kier molecular flexibility index (Phi) is 8.53. The van der Waals surface area contributed by atoms with E-state index in [0.717, 1.165) is 21.5 Å². The van der Waals surface area contributed by atoms with E-state index in [4.69, 9.17) is 4.74 Å². The lowest BCUT2D eigenvalue weighted by Crippen LogP contribution is -2.15. The molecule has 3 aromatic rings. The van der Waals surface area contributed by atoms with Crippen molar-refractivity contribution >= 4 is 39.3 Å². The van der Waals surface area contributed by atoms with Crippen LogP contribution in [0, 0.1) is 6.92 Å². The molecule has 0 spiro atoms. The Morgan fingerprint density at radius 1 is 1.25 bits per heavy atom. The highest BCUT2D eigenvalue weighted by atomic mass is 79.9. The Balaban J connectivity index is 1.61. The van der Waals surface area contributed by atoms with Gasteiger partial charge in [0.15, 0.2) is 11.0 Å². The second kappa shape index (κ2) is 11.3. The molecule has 1 heterocycles. The second-order valence-electron chi connectivity index (χ2n) is 7.61. The van der Waals surface area contributed by atoms with E-state index in [0.29, 0.717) is 23.4 Å². The first-order chi connectivity index (χ1) is 15.4. The molecule has 0 aliphatic heterocycles. The van der Waals surface area contributed by atoms with Crippen LogP contribution >= 0.6 is 27.7 Å². The summed E-state index contributed by atoms with van der Waals surface area (Å²) in [4.78, 5) is 12.4. The zero-order chi connectivity index (χ0) is 23.1. The van der Waals surface area contributed by atoms with Crippen LogP contribution in [0.2, 0.25) is 0 Å². The Hall–Kier alpha value is -2.58. The Labute approximate surface area is 201 Å². The maximum absolute atomic E-state index is 12.4. The summed E-state index contributed by atoms with van der Waals surface area (Å²) in [6.45, 7) is 10.9. The summed E-state index contributed by atoms with van der Waals surface area (Å²) in [5, 5.41) is 12.1. The molecule has 3 rings (SSSR count). The first-order valence-corrected chi connectivity index (χ1v) is 12.1. The standard InChI is InChI=1S/C24H27BrN4O2S/c1-5-12-29-22(14-31-20-9-6-18(7-10-20)16(2)3)27-28-24(29)32-15-23(30)26-21-11-8-19(25)13-17(21)4/h5-11,13,16H,1,12,14-15H2,2-4H3,(H,26,30). The number of ether oxygens (including phenoxy) is 1. The average molecular weight is 515 g/mol. The second-order valence-corrected chi connectivity index (χ2v) is 9.46. The molecule has 6 nitrogen and oxygen atoms in total. The molecule has 0 bridgehead atoms. The number of halogens is 1. The summed E-state index contributed by atoms with van der Waals surface area (Å²) in [5.41, 5.74) is 3.06. The molecule has 1 aromatic heterocycles. The lowest BCUT2D eigenvalue weighted by Gasteiger charge is -2.11. The fraction of sp³-hybridized carbons (Fsp3) is 0.292. The lowest BCUT2D eigenvalue weighted by atomic mass is 10.0. The van der Waals surface area contributed by atoms with E-state index in [2.05, 4.69) is 64.0 Å². The summed E-state index contributed by atoms with van der Waals surface area (Å²) in [6.07, 6.45) is 1.78. The molecule has 0 saturated heterocycles. The summed E-state index contributed by atoms with van der Waals surface area (Å²) >= 11 is 4.77. The third-order valence-electron chi connectivity index (χ3n) is 4.81. The van der Waals surface area contributed by atoms with Crippen LogP contribution in [0.3, 0.4) is 0 Å². The fourth-order valence-electron chi connectivity index (χ4n) is 3.03. The van der Waals surface area contributed by atoms with Crippen LogP contribution in [0.1, 0.15) is 36.7 Å². The number of benzene rings is 2. The molecule has 1 N–H and O–H groups in total. The van der Waals surface area contributed by atoms with Gasteiger partial charge in [-0.05, 0) is 54.3 Å². The topological polar surface area (TPSA) is 69.0 Å². The number of hydrogen-bond donors (Lipinski definition) is 1. The monoisotopic (exact) mass is 514 g/mol. The summed E-state index contributed by atoms with van der Waals surface area (Å²) < 4.78 is 8.80. The summed E-state index contributed by atoms with van der Waals surface area (Å²) in [5.74, 6) is 2.06. The van der Waals surface area contributed by atoms with Crippen molar-refractivity contribution in [1.29, 1.82) is 0 Å². The molecular weight excluding hydrogens is 488 g/mol. The van der Waals surface area contributed by atoms with Crippen LogP contribution in [0.25, 0.3) is 0 Å². The molecule has 2 aromatic carbocycles. The van der Waals surface area contributed by atoms with Gasteiger partial charge in [0.25, 0.3) is 0 Å². The minimum Gasteiger partial charge on any atom is -0.486 e. The van der Waals surface area contributed by atoms with Gasteiger partial charge >= 0.3 is 0 Å². The molecule has 0 unspecified atom stereocenters. The minimum atomic E-state index is -0.100. The Morgan fingerprint density at radius 3 is 2.66 bits per heavy atom. The quantitative estimate of drug-likeness (QED) is 0.266. The molecule has 168 valence electrons. The molecular formula is C24H27BrN4O2S. The maximum atomic E-state index is 12.4. The number of nitrogens with zero attached hydrogens (tertiary/aromatic N) is 3. The molecule has 0 aliphatic carbocycles. The van der Waals surface area contributed by atoms with E-state index in [1.165, 1.54) is 17.3 Å². The molecule has 1 amide bonds. The molecule has 0 radical (unpaired) electrons. The van der Waals surface area contributed by atoms with Gasteiger partial charge in [0.2, 0.25) is 5.91 Å². The Morgan fingerprint density at radius 2 is 2.00 bits per heavy atom. The smallest absolute Gasteiger partial charge is 0.234 e. The van der Waals surface area contributed by atoms with Gasteiger partial charge in [0, 0.05) is 16.7 Å². The Bertz CT molecular complexity index is 1080. The van der Waals surface area contributed by atoms with Gasteiger partial charge in [0.05, 0.1) is 5.75 Å². The van der Waals surface area contributed by atoms with Gasteiger partial charge in [-0.1, -0.05) is 59.7 Å². The van der Waals surface area contributed by atoms with E-state index in [-0.39, 0.29) is 18.3 Å². The van der Waals surface area contributed by atoms with Crippen molar-refractivity contribution in [3.05, 3.63) is 76.5 Å². The molecule has 0 saturated carbocycles. The van der Waals surface area contributed by atoms with Gasteiger partial charge in [-0.15, -0.1) is 16.8 Å². The zero-order valence-electron chi connectivity index (χ0n) is 18.5. The van der Waals surface area contributed by atoms with Crippen LogP contribution in [0.15, 0.2) is 64.7 Å². The third-order valence-corrected chi connectivity index (χ3v) is 6.27. The maximum Gasteiger partial charge on any atom is 0.234 e. The number of aromatic nitrogens is 3. The van der Waals surface area contributed by atoms with Crippen molar-refractivity contribution in [3.8, 4) is 5.75 Å². The number of hydrogen-bond acceptors (Lipinski definition) is 5. The molecule has 0 atom stereocenters. The predicted molar refractivity (Wildman–Crippen MR) is 133 cm³/mol. The third kappa shape index (κ3) is 6.46. The van der Waals surface area contributed by atoms with Crippen molar-refractivity contribution in [1.82, 2.24) is 14.8 Å². The zero-order valence-corrected chi connectivity index (χ0v) is 20.9. The first kappa shape index (κ1) is 24.1. The lowest BCUT2D eigenvalue weighted by molar-refractivity contribution is -0.113. The number of carbonyl (C=O) groups excluding carboxylic acids is 1. The highest BCUT2D eigenvalue weighted by Crippen LogP contribution is 2.23. The van der Waals surface area contributed by atoms with Crippen molar-refractivity contribution < 1.29 is 9.53 Å². The van der Waals surface area contributed by atoms with Gasteiger partial charge in [0.1, 0.15) is 12.4 Å². The molecule has 32 heavy (non-hydrogen) atoms. The van der Waals surface area contributed by atoms with E-state index in [1.54, 1.807) is 6.08 Å². The number of anilines is 1. The van der Waals surface area contributed by atoms with Crippen LogP contribution in [0.5, 0.6) is 5.75 Å². The van der Waals surface area contributed by atoms with Gasteiger partial charge in [-0.3, -0.25) is 9.36 Å². The van der Waals surface area contributed by atoms with Crippen LogP contribution in [0.4, 0.5) is 5.69 Å². The number of thioether (sulfide) groups is 1. The van der Waals surface area contributed by atoms with E-state index >= 15 is 0 Å². The highest BCUT2D eigenvalue weighted by Gasteiger charge is 2.15. The number of allylic oxidation sites excluding steroid dienone is 1. The van der Waals surface area contributed by atoms with E-state index in [9.17, 15) is 4.79 Å². The van der Waals surface area contributed by atoms with Gasteiger partial charge in [-0.25, -0.2) is 0 Å². The number of rotatable bonds is 10. The van der Waals surface area contributed by atoms with E-state index < -0.39 is 0 Å². The number of aryl methyl sites for hydroxylation is 1. The first-order valence-electron chi connectivity index (χ1n) is 10.3. The molecule has 0 aliphatic rings. The van der Waals surface area contributed by atoms with Crippen LogP contribution in [-0.2, 0) is 17.9 Å². The van der Waals surface area contributed by atoms with Crippen molar-refractivity contribution in [2.45, 2.75) is 45.0 Å². The summed E-state index contributed by atoms with van der Waals surface area (Å²) in [6, 6.07) is 13.8. The van der Waals surface area contributed by atoms with Gasteiger partial charge < -0.3 is 10.1 Å². The van der Waals surface area contributed by atoms with Gasteiger partial charge in [-0.2, -0.15) is 0 Å².